The van der Waals surface area contributed by atoms with Crippen LogP contribution in [-0.4, -0.2) is 35.4 Å². The van der Waals surface area contributed by atoms with Gasteiger partial charge in [0.15, 0.2) is 5.78 Å². The van der Waals surface area contributed by atoms with E-state index in [1.165, 1.54) is 13.0 Å². The van der Waals surface area contributed by atoms with Gasteiger partial charge >= 0.3 is 12.4 Å². The topological polar surface area (TPSA) is 31.2 Å². The van der Waals surface area contributed by atoms with Crippen LogP contribution < -0.4 is 0 Å². The maximum absolute atomic E-state index is 12.3. The Morgan fingerprint density at radius 3 is 2.00 bits per heavy atom. The molecule has 1 heterocycles. The first-order chi connectivity index (χ1) is 9.35. The standard InChI is InChI=1S/C12H13F6NO2/c1-6-4-8(7(2)19(6)3)9(20)5-21-10(11(13,14)15)12(16,17)18/h4,10H,5H2,1-3H3. The first-order valence-electron chi connectivity index (χ1n) is 5.77. The Labute approximate surface area is 116 Å². The molecule has 0 bridgehead atoms. The zero-order chi connectivity index (χ0) is 16.6. The third-order valence-electron chi connectivity index (χ3n) is 3.05. The van der Waals surface area contributed by atoms with Gasteiger partial charge in [-0.3, -0.25) is 4.79 Å². The molecule has 1 aromatic rings. The van der Waals surface area contributed by atoms with Crippen LogP contribution in [0.5, 0.6) is 0 Å². The summed E-state index contributed by atoms with van der Waals surface area (Å²) >= 11 is 0. The Morgan fingerprint density at radius 2 is 1.67 bits per heavy atom. The molecule has 0 aliphatic heterocycles. The Kier molecular flexibility index (Phi) is 4.76. The van der Waals surface area contributed by atoms with Crippen molar-refractivity contribution in [3.05, 3.63) is 23.0 Å². The van der Waals surface area contributed by atoms with Gasteiger partial charge in [0.05, 0.1) is 0 Å². The molecule has 0 spiro atoms. The fourth-order valence-electron chi connectivity index (χ4n) is 1.75. The predicted octanol–water partition coefficient (Wildman–Crippen LogP) is 3.33. The number of nitrogens with zero attached hydrogens (tertiary/aromatic N) is 1. The molecule has 0 aliphatic rings. The van der Waals surface area contributed by atoms with Crippen LogP contribution in [0, 0.1) is 13.8 Å². The number of Topliss-reactive ketones (excluding diaryl/α,β-unsaturated/α-hetero) is 1. The smallest absolute Gasteiger partial charge is 0.353 e. The van der Waals surface area contributed by atoms with Crippen LogP contribution in [0.25, 0.3) is 0 Å². The molecule has 120 valence electrons. The molecule has 1 aromatic heterocycles. The molecule has 21 heavy (non-hydrogen) atoms. The average Bonchev–Trinajstić information content (AvgIpc) is 2.53. The zero-order valence-corrected chi connectivity index (χ0v) is 11.4. The van der Waals surface area contributed by atoms with Gasteiger partial charge < -0.3 is 9.30 Å². The van der Waals surface area contributed by atoms with Gasteiger partial charge in [0.1, 0.15) is 6.61 Å². The summed E-state index contributed by atoms with van der Waals surface area (Å²) in [6.07, 6.45) is -15.2. The van der Waals surface area contributed by atoms with Crippen LogP contribution in [-0.2, 0) is 11.8 Å². The lowest BCUT2D eigenvalue weighted by Crippen LogP contribution is -2.45. The van der Waals surface area contributed by atoms with Gasteiger partial charge in [-0.15, -0.1) is 0 Å². The number of carbonyl (C=O) groups is 1. The van der Waals surface area contributed by atoms with E-state index in [9.17, 15) is 31.1 Å². The highest BCUT2D eigenvalue weighted by molar-refractivity contribution is 5.98. The molecular weight excluding hydrogens is 304 g/mol. The van der Waals surface area contributed by atoms with E-state index < -0.39 is 30.8 Å². The molecule has 0 amide bonds. The van der Waals surface area contributed by atoms with Crippen molar-refractivity contribution in [3.8, 4) is 0 Å². The van der Waals surface area contributed by atoms with Crippen molar-refractivity contribution >= 4 is 5.78 Å². The number of halogens is 6. The third kappa shape index (κ3) is 3.99. The van der Waals surface area contributed by atoms with E-state index in [0.29, 0.717) is 11.4 Å². The van der Waals surface area contributed by atoms with Crippen LogP contribution in [0.3, 0.4) is 0 Å². The molecular formula is C12H13F6NO2. The van der Waals surface area contributed by atoms with Gasteiger partial charge in [0.25, 0.3) is 0 Å². The van der Waals surface area contributed by atoms with Crippen molar-refractivity contribution in [2.75, 3.05) is 6.61 Å². The van der Waals surface area contributed by atoms with E-state index in [4.69, 9.17) is 0 Å². The Hall–Kier alpha value is -1.51. The summed E-state index contributed by atoms with van der Waals surface area (Å²) in [6, 6.07) is 1.39. The van der Waals surface area contributed by atoms with E-state index in [-0.39, 0.29) is 5.56 Å². The van der Waals surface area contributed by atoms with Crippen molar-refractivity contribution in [2.45, 2.75) is 32.3 Å². The number of ether oxygens (including phenoxy) is 1. The zero-order valence-electron chi connectivity index (χ0n) is 11.4. The number of rotatable bonds is 4. The van der Waals surface area contributed by atoms with E-state index in [2.05, 4.69) is 4.74 Å². The van der Waals surface area contributed by atoms with E-state index >= 15 is 0 Å². The van der Waals surface area contributed by atoms with Crippen molar-refractivity contribution in [3.63, 3.8) is 0 Å². The monoisotopic (exact) mass is 317 g/mol. The highest BCUT2D eigenvalue weighted by Crippen LogP contribution is 2.35. The SMILES string of the molecule is Cc1cc(C(=O)COC(C(F)(F)F)C(F)(F)F)c(C)n1C. The molecule has 0 radical (unpaired) electrons. The molecule has 0 aromatic carbocycles. The molecule has 3 nitrogen and oxygen atoms in total. The van der Waals surface area contributed by atoms with E-state index in [1.807, 2.05) is 0 Å². The van der Waals surface area contributed by atoms with Gasteiger partial charge in [-0.1, -0.05) is 0 Å². The molecule has 0 saturated carbocycles. The summed E-state index contributed by atoms with van der Waals surface area (Å²) in [4.78, 5) is 11.7. The Balaban J connectivity index is 2.86. The fourth-order valence-corrected chi connectivity index (χ4v) is 1.75. The first kappa shape index (κ1) is 17.5. The van der Waals surface area contributed by atoms with Gasteiger partial charge in [0.2, 0.25) is 6.10 Å². The molecule has 0 fully saturated rings. The van der Waals surface area contributed by atoms with Crippen molar-refractivity contribution < 1.29 is 35.9 Å². The molecule has 0 aliphatic carbocycles. The Morgan fingerprint density at radius 1 is 1.19 bits per heavy atom. The summed E-state index contributed by atoms with van der Waals surface area (Å²) in [5, 5.41) is 0. The van der Waals surface area contributed by atoms with Gasteiger partial charge in [-0.2, -0.15) is 26.3 Å². The van der Waals surface area contributed by atoms with Crippen molar-refractivity contribution in [1.29, 1.82) is 0 Å². The number of aryl methyl sites for hydroxylation is 1. The third-order valence-corrected chi connectivity index (χ3v) is 3.05. The van der Waals surface area contributed by atoms with Crippen molar-refractivity contribution in [1.82, 2.24) is 4.57 Å². The lowest BCUT2D eigenvalue weighted by molar-refractivity contribution is -0.318. The van der Waals surface area contributed by atoms with Crippen molar-refractivity contribution in [2.24, 2.45) is 7.05 Å². The van der Waals surface area contributed by atoms with Crippen LogP contribution >= 0.6 is 0 Å². The molecule has 1 rings (SSSR count). The Bertz CT molecular complexity index is 515. The average molecular weight is 317 g/mol. The van der Waals surface area contributed by atoms with Crippen LogP contribution in [0.1, 0.15) is 21.7 Å². The van der Waals surface area contributed by atoms with Crippen LogP contribution in [0.15, 0.2) is 6.07 Å². The second-order valence-corrected chi connectivity index (χ2v) is 4.54. The highest BCUT2D eigenvalue weighted by Gasteiger charge is 2.58. The summed E-state index contributed by atoms with van der Waals surface area (Å²) in [6.45, 7) is 1.89. The minimum atomic E-state index is -5.62. The quantitative estimate of drug-likeness (QED) is 0.630. The number of alkyl halides is 6. The second kappa shape index (κ2) is 5.70. The first-order valence-corrected chi connectivity index (χ1v) is 5.77. The fraction of sp³-hybridized carbons (Fsp3) is 0.583. The molecule has 9 heteroatoms. The minimum absolute atomic E-state index is 0.0399. The number of ketones is 1. The lowest BCUT2D eigenvalue weighted by Gasteiger charge is -2.22. The predicted molar refractivity (Wildman–Crippen MR) is 61.1 cm³/mol. The maximum Gasteiger partial charge on any atom is 0.423 e. The molecule has 0 N–H and O–H groups in total. The largest absolute Gasteiger partial charge is 0.423 e. The summed E-state index contributed by atoms with van der Waals surface area (Å²) < 4.78 is 78.9. The number of hydrogen-bond acceptors (Lipinski definition) is 2. The maximum atomic E-state index is 12.3. The van der Waals surface area contributed by atoms with Gasteiger partial charge in [0, 0.05) is 24.0 Å². The van der Waals surface area contributed by atoms with Gasteiger partial charge in [-0.05, 0) is 19.9 Å². The summed E-state index contributed by atoms with van der Waals surface area (Å²) in [5.41, 5.74) is 1.13. The van der Waals surface area contributed by atoms with E-state index in [1.54, 1.807) is 18.5 Å². The van der Waals surface area contributed by atoms with Crippen LogP contribution in [0.2, 0.25) is 0 Å². The lowest BCUT2D eigenvalue weighted by atomic mass is 10.1. The highest BCUT2D eigenvalue weighted by atomic mass is 19.4. The normalized spacial score (nSPS) is 13.0. The van der Waals surface area contributed by atoms with Crippen LogP contribution in [0.4, 0.5) is 26.3 Å². The minimum Gasteiger partial charge on any atom is -0.353 e. The number of aromatic nitrogens is 1. The molecule has 0 saturated heterocycles. The summed E-state index contributed by atoms with van der Waals surface area (Å²) in [7, 11) is 1.62. The number of hydrogen-bond donors (Lipinski definition) is 0. The van der Waals surface area contributed by atoms with Gasteiger partial charge in [-0.25, -0.2) is 0 Å². The molecule has 0 unspecified atom stereocenters. The number of carbonyl (C=O) groups excluding carboxylic acids is 1. The molecule has 0 atom stereocenters. The summed E-state index contributed by atoms with van der Waals surface area (Å²) in [5.74, 6) is -0.935. The second-order valence-electron chi connectivity index (χ2n) is 4.54. The van der Waals surface area contributed by atoms with E-state index in [0.717, 1.165) is 0 Å².